The molecule has 1 atom stereocenters. The minimum atomic E-state index is -3.23. The molecule has 0 saturated carbocycles. The average molecular weight is 326 g/mol. The second kappa shape index (κ2) is 4.86. The largest absolute Gasteiger partial charge is 0.323 e. The molecule has 1 aliphatic rings. The molecule has 1 aliphatic heterocycles. The number of fused-ring (bicyclic) bond motifs is 2. The molecular weight excluding hydrogens is 308 g/mol. The summed E-state index contributed by atoms with van der Waals surface area (Å²) in [7, 11) is -3.23. The van der Waals surface area contributed by atoms with Crippen LogP contribution in [0.25, 0.3) is 16.6 Å². The van der Waals surface area contributed by atoms with E-state index >= 15 is 0 Å². The van der Waals surface area contributed by atoms with Gasteiger partial charge in [-0.05, 0) is 54.8 Å². The summed E-state index contributed by atoms with van der Waals surface area (Å²) in [6.45, 7) is 1.95. The van der Waals surface area contributed by atoms with Crippen molar-refractivity contribution in [1.82, 2.24) is 4.40 Å². The minimum absolute atomic E-state index is 0.0247. The Balaban J connectivity index is 1.81. The fourth-order valence-electron chi connectivity index (χ4n) is 3.50. The lowest BCUT2D eigenvalue weighted by molar-refractivity contribution is 0.590. The second-order valence-electron chi connectivity index (χ2n) is 6.22. The summed E-state index contributed by atoms with van der Waals surface area (Å²) < 4.78 is 27.6. The van der Waals surface area contributed by atoms with E-state index in [1.54, 1.807) is 0 Å². The molecule has 4 nitrogen and oxygen atoms in total. The summed E-state index contributed by atoms with van der Waals surface area (Å²) in [5.74, 6) is 0. The van der Waals surface area contributed by atoms with Crippen LogP contribution in [0.2, 0.25) is 0 Å². The van der Waals surface area contributed by atoms with Crippen molar-refractivity contribution in [1.29, 1.82) is 0 Å². The van der Waals surface area contributed by atoms with Crippen molar-refractivity contribution in [2.45, 2.75) is 19.4 Å². The molecule has 0 fully saturated rings. The smallest absolute Gasteiger partial charge is 0.232 e. The zero-order valence-electron chi connectivity index (χ0n) is 13.1. The van der Waals surface area contributed by atoms with Crippen LogP contribution in [0.4, 0.5) is 5.69 Å². The predicted octanol–water partition coefficient (Wildman–Crippen LogP) is 3.32. The third kappa shape index (κ3) is 2.32. The maximum absolute atomic E-state index is 12.0. The normalized spacial score (nSPS) is 17.7. The highest BCUT2D eigenvalue weighted by atomic mass is 32.2. The predicted molar refractivity (Wildman–Crippen MR) is 93.3 cm³/mol. The number of rotatable bonds is 2. The number of hydrogen-bond acceptors (Lipinski definition) is 2. The van der Waals surface area contributed by atoms with Gasteiger partial charge < -0.3 is 4.40 Å². The Kier molecular flexibility index (Phi) is 3.03. The number of nitrogens with zero attached hydrogens (tertiary/aromatic N) is 2. The molecule has 5 heteroatoms. The molecule has 0 spiro atoms. The van der Waals surface area contributed by atoms with Gasteiger partial charge in [-0.3, -0.25) is 4.31 Å². The molecule has 1 unspecified atom stereocenters. The molecule has 118 valence electrons. The highest BCUT2D eigenvalue weighted by Crippen LogP contribution is 2.37. The van der Waals surface area contributed by atoms with E-state index in [4.69, 9.17) is 0 Å². The van der Waals surface area contributed by atoms with Crippen molar-refractivity contribution in [3.63, 3.8) is 0 Å². The molecule has 0 aliphatic carbocycles. The standard InChI is InChI=1S/C18H18N2O2S/c1-13-9-15-10-14(6-7-18(15)20(13)23(2,21)22)16-11-17-5-3-4-8-19(17)12-16/h3-8,10-13H,9H2,1-2H3. The van der Waals surface area contributed by atoms with Crippen LogP contribution in [0.5, 0.6) is 0 Å². The molecular formula is C18H18N2O2S. The van der Waals surface area contributed by atoms with Crippen LogP contribution in [0.3, 0.4) is 0 Å². The first-order valence-corrected chi connectivity index (χ1v) is 9.48. The molecule has 4 rings (SSSR count). The van der Waals surface area contributed by atoms with Gasteiger partial charge in [-0.15, -0.1) is 0 Å². The Hall–Kier alpha value is -2.27. The fraction of sp³-hybridized carbons (Fsp3) is 0.222. The summed E-state index contributed by atoms with van der Waals surface area (Å²) in [6, 6.07) is 14.3. The zero-order chi connectivity index (χ0) is 16.2. The first-order chi connectivity index (χ1) is 10.9. The molecule has 23 heavy (non-hydrogen) atoms. The van der Waals surface area contributed by atoms with Gasteiger partial charge in [0.15, 0.2) is 0 Å². The number of benzene rings is 1. The van der Waals surface area contributed by atoms with E-state index in [1.165, 1.54) is 10.6 Å². The monoisotopic (exact) mass is 326 g/mol. The van der Waals surface area contributed by atoms with Crippen LogP contribution in [0.15, 0.2) is 54.9 Å². The Morgan fingerprint density at radius 3 is 2.65 bits per heavy atom. The third-order valence-corrected chi connectivity index (χ3v) is 5.70. The Bertz CT molecular complexity index is 972. The van der Waals surface area contributed by atoms with Gasteiger partial charge in [-0.1, -0.05) is 12.1 Å². The van der Waals surface area contributed by atoms with Gasteiger partial charge in [0.2, 0.25) is 10.0 Å². The van der Waals surface area contributed by atoms with Gasteiger partial charge >= 0.3 is 0 Å². The van der Waals surface area contributed by atoms with E-state index in [2.05, 4.69) is 28.8 Å². The van der Waals surface area contributed by atoms with Gasteiger partial charge in [0, 0.05) is 29.5 Å². The zero-order valence-corrected chi connectivity index (χ0v) is 13.9. The quantitative estimate of drug-likeness (QED) is 0.725. The molecule has 3 aromatic rings. The molecule has 3 heterocycles. The minimum Gasteiger partial charge on any atom is -0.323 e. The molecule has 2 aromatic heterocycles. The van der Waals surface area contributed by atoms with E-state index in [1.807, 2.05) is 37.4 Å². The third-order valence-electron chi connectivity index (χ3n) is 4.43. The molecule has 0 amide bonds. The Labute approximate surface area is 136 Å². The molecule has 1 aromatic carbocycles. The van der Waals surface area contributed by atoms with Crippen molar-refractivity contribution in [3.05, 3.63) is 60.4 Å². The number of hydrogen-bond donors (Lipinski definition) is 0. The summed E-state index contributed by atoms with van der Waals surface area (Å²) in [4.78, 5) is 0. The SMILES string of the molecule is CC1Cc2cc(-c3cc4ccccn4c3)ccc2N1S(C)(=O)=O. The molecule has 0 radical (unpaired) electrons. The van der Waals surface area contributed by atoms with Gasteiger partial charge in [0.1, 0.15) is 0 Å². The van der Waals surface area contributed by atoms with Crippen LogP contribution in [-0.4, -0.2) is 25.1 Å². The highest BCUT2D eigenvalue weighted by molar-refractivity contribution is 7.92. The Morgan fingerprint density at radius 1 is 1.09 bits per heavy atom. The lowest BCUT2D eigenvalue weighted by atomic mass is 10.0. The second-order valence-corrected chi connectivity index (χ2v) is 8.08. The van der Waals surface area contributed by atoms with E-state index in [-0.39, 0.29) is 6.04 Å². The molecule has 0 bridgehead atoms. The van der Waals surface area contributed by atoms with Crippen LogP contribution < -0.4 is 4.31 Å². The number of pyridine rings is 1. The maximum atomic E-state index is 12.0. The molecule has 0 saturated heterocycles. The maximum Gasteiger partial charge on any atom is 0.232 e. The summed E-state index contributed by atoms with van der Waals surface area (Å²) >= 11 is 0. The van der Waals surface area contributed by atoms with Crippen molar-refractivity contribution >= 4 is 21.2 Å². The fourth-order valence-corrected chi connectivity index (χ4v) is 4.76. The summed E-state index contributed by atoms with van der Waals surface area (Å²) in [5.41, 5.74) is 5.32. The lowest BCUT2D eigenvalue weighted by Crippen LogP contribution is -2.34. The Morgan fingerprint density at radius 2 is 1.91 bits per heavy atom. The highest BCUT2D eigenvalue weighted by Gasteiger charge is 2.32. The van der Waals surface area contributed by atoms with E-state index in [0.717, 1.165) is 34.3 Å². The van der Waals surface area contributed by atoms with Crippen LogP contribution in [0.1, 0.15) is 12.5 Å². The van der Waals surface area contributed by atoms with Gasteiger partial charge in [-0.2, -0.15) is 0 Å². The topological polar surface area (TPSA) is 41.8 Å². The van der Waals surface area contributed by atoms with Crippen molar-refractivity contribution in [2.24, 2.45) is 0 Å². The average Bonchev–Trinajstić information content (AvgIpc) is 3.05. The molecule has 0 N–H and O–H groups in total. The summed E-state index contributed by atoms with van der Waals surface area (Å²) in [6.07, 6.45) is 6.15. The first-order valence-electron chi connectivity index (χ1n) is 7.63. The van der Waals surface area contributed by atoms with Crippen LogP contribution in [-0.2, 0) is 16.4 Å². The van der Waals surface area contributed by atoms with Crippen molar-refractivity contribution < 1.29 is 8.42 Å². The van der Waals surface area contributed by atoms with Gasteiger partial charge in [0.05, 0.1) is 11.9 Å². The number of anilines is 1. The van der Waals surface area contributed by atoms with E-state index in [0.29, 0.717) is 0 Å². The van der Waals surface area contributed by atoms with Crippen molar-refractivity contribution in [2.75, 3.05) is 10.6 Å². The number of aromatic nitrogens is 1. The van der Waals surface area contributed by atoms with Gasteiger partial charge in [-0.25, -0.2) is 8.42 Å². The number of sulfonamides is 1. The van der Waals surface area contributed by atoms with E-state index in [9.17, 15) is 8.42 Å². The lowest BCUT2D eigenvalue weighted by Gasteiger charge is -2.21. The van der Waals surface area contributed by atoms with Crippen LogP contribution >= 0.6 is 0 Å². The van der Waals surface area contributed by atoms with E-state index < -0.39 is 10.0 Å². The first kappa shape index (κ1) is 14.3. The van der Waals surface area contributed by atoms with Crippen molar-refractivity contribution in [3.8, 4) is 11.1 Å². The van der Waals surface area contributed by atoms with Gasteiger partial charge in [0.25, 0.3) is 0 Å². The van der Waals surface area contributed by atoms with Crippen LogP contribution in [0, 0.1) is 0 Å². The summed E-state index contributed by atoms with van der Waals surface area (Å²) in [5, 5.41) is 0.